The van der Waals surface area contributed by atoms with Crippen molar-refractivity contribution >= 4 is 5.91 Å². The Kier molecular flexibility index (Phi) is 4.19. The number of amides is 1. The zero-order valence-electron chi connectivity index (χ0n) is 8.50. The highest BCUT2D eigenvalue weighted by molar-refractivity contribution is 5.84. The van der Waals surface area contributed by atoms with Crippen LogP contribution in [0.2, 0.25) is 0 Å². The van der Waals surface area contributed by atoms with Gasteiger partial charge in [-0.2, -0.15) is 5.26 Å². The lowest BCUT2D eigenvalue weighted by atomic mass is 9.94. The van der Waals surface area contributed by atoms with Gasteiger partial charge in [-0.05, 0) is 20.8 Å². The van der Waals surface area contributed by atoms with E-state index in [-0.39, 0.29) is 5.91 Å². The van der Waals surface area contributed by atoms with Crippen LogP contribution in [0.5, 0.6) is 0 Å². The summed E-state index contributed by atoms with van der Waals surface area (Å²) in [4.78, 5) is 13.3. The first-order valence-electron chi connectivity index (χ1n) is 4.31. The summed E-state index contributed by atoms with van der Waals surface area (Å²) < 4.78 is 0. The van der Waals surface area contributed by atoms with Crippen LogP contribution in [-0.4, -0.2) is 23.9 Å². The summed E-state index contributed by atoms with van der Waals surface area (Å²) in [6.07, 6.45) is 1.66. The average molecular weight is 180 g/mol. The summed E-state index contributed by atoms with van der Waals surface area (Å²) in [5.74, 6) is -0.141. The SMILES string of the molecule is C=CCN(CC)C(=O)C(C)(C)C#N. The number of hydrogen-bond acceptors (Lipinski definition) is 2. The van der Waals surface area contributed by atoms with Crippen molar-refractivity contribution in [3.63, 3.8) is 0 Å². The van der Waals surface area contributed by atoms with Crippen LogP contribution in [0.15, 0.2) is 12.7 Å². The molecule has 0 rings (SSSR count). The Balaban J connectivity index is 4.56. The summed E-state index contributed by atoms with van der Waals surface area (Å²) in [7, 11) is 0. The number of nitriles is 1. The quantitative estimate of drug-likeness (QED) is 0.616. The molecule has 0 saturated heterocycles. The van der Waals surface area contributed by atoms with E-state index in [0.29, 0.717) is 13.1 Å². The van der Waals surface area contributed by atoms with Gasteiger partial charge in [0.1, 0.15) is 5.41 Å². The number of nitrogens with zero attached hydrogens (tertiary/aromatic N) is 2. The Bertz CT molecular complexity index is 238. The molecule has 0 aromatic heterocycles. The first-order valence-corrected chi connectivity index (χ1v) is 4.31. The van der Waals surface area contributed by atoms with Crippen molar-refractivity contribution in [3.8, 4) is 6.07 Å². The van der Waals surface area contributed by atoms with Crippen LogP contribution in [0, 0.1) is 16.7 Å². The molecule has 0 aliphatic carbocycles. The van der Waals surface area contributed by atoms with Gasteiger partial charge in [-0.1, -0.05) is 6.08 Å². The van der Waals surface area contributed by atoms with Crippen molar-refractivity contribution < 1.29 is 4.79 Å². The molecule has 3 heteroatoms. The summed E-state index contributed by atoms with van der Waals surface area (Å²) in [5.41, 5.74) is -0.932. The van der Waals surface area contributed by atoms with Gasteiger partial charge < -0.3 is 4.90 Å². The second kappa shape index (κ2) is 4.66. The molecule has 0 fully saturated rings. The van der Waals surface area contributed by atoms with Crippen molar-refractivity contribution in [2.75, 3.05) is 13.1 Å². The van der Waals surface area contributed by atoms with Gasteiger partial charge in [-0.25, -0.2) is 0 Å². The van der Waals surface area contributed by atoms with Crippen molar-refractivity contribution in [3.05, 3.63) is 12.7 Å². The van der Waals surface area contributed by atoms with E-state index in [0.717, 1.165) is 0 Å². The van der Waals surface area contributed by atoms with E-state index in [9.17, 15) is 4.79 Å². The van der Waals surface area contributed by atoms with Crippen LogP contribution in [-0.2, 0) is 4.79 Å². The Labute approximate surface area is 79.6 Å². The van der Waals surface area contributed by atoms with E-state index < -0.39 is 5.41 Å². The molecule has 72 valence electrons. The van der Waals surface area contributed by atoms with E-state index in [2.05, 4.69) is 6.58 Å². The molecule has 0 aromatic carbocycles. The second-order valence-corrected chi connectivity index (χ2v) is 3.37. The van der Waals surface area contributed by atoms with Gasteiger partial charge in [0.2, 0.25) is 5.91 Å². The van der Waals surface area contributed by atoms with Gasteiger partial charge in [0.25, 0.3) is 0 Å². The highest BCUT2D eigenvalue weighted by atomic mass is 16.2. The third kappa shape index (κ3) is 2.90. The van der Waals surface area contributed by atoms with E-state index >= 15 is 0 Å². The van der Waals surface area contributed by atoms with E-state index in [1.54, 1.807) is 24.8 Å². The third-order valence-corrected chi connectivity index (χ3v) is 1.83. The fraction of sp³-hybridized carbons (Fsp3) is 0.600. The lowest BCUT2D eigenvalue weighted by Gasteiger charge is -2.25. The molecule has 0 radical (unpaired) electrons. The minimum Gasteiger partial charge on any atom is -0.338 e. The van der Waals surface area contributed by atoms with Crippen LogP contribution < -0.4 is 0 Å². The van der Waals surface area contributed by atoms with Crippen LogP contribution in [0.4, 0.5) is 0 Å². The fourth-order valence-corrected chi connectivity index (χ4v) is 0.955. The molecule has 3 nitrogen and oxygen atoms in total. The van der Waals surface area contributed by atoms with Crippen molar-refractivity contribution in [1.82, 2.24) is 4.90 Å². The molecule has 13 heavy (non-hydrogen) atoms. The monoisotopic (exact) mass is 180 g/mol. The Morgan fingerprint density at radius 2 is 2.23 bits per heavy atom. The summed E-state index contributed by atoms with van der Waals surface area (Å²) >= 11 is 0. The molecular weight excluding hydrogens is 164 g/mol. The first kappa shape index (κ1) is 11.7. The molecule has 0 spiro atoms. The predicted octanol–water partition coefficient (Wildman–Crippen LogP) is 1.57. The van der Waals surface area contributed by atoms with Crippen LogP contribution >= 0.6 is 0 Å². The van der Waals surface area contributed by atoms with Gasteiger partial charge in [0.05, 0.1) is 6.07 Å². The smallest absolute Gasteiger partial charge is 0.242 e. The molecule has 0 bridgehead atoms. The minimum atomic E-state index is -0.932. The minimum absolute atomic E-state index is 0.141. The highest BCUT2D eigenvalue weighted by Crippen LogP contribution is 2.16. The topological polar surface area (TPSA) is 44.1 Å². The highest BCUT2D eigenvalue weighted by Gasteiger charge is 2.30. The zero-order valence-corrected chi connectivity index (χ0v) is 8.50. The van der Waals surface area contributed by atoms with E-state index in [4.69, 9.17) is 5.26 Å². The van der Waals surface area contributed by atoms with Crippen molar-refractivity contribution in [2.45, 2.75) is 20.8 Å². The normalized spacial score (nSPS) is 10.3. The maximum atomic E-state index is 11.7. The van der Waals surface area contributed by atoms with Gasteiger partial charge >= 0.3 is 0 Å². The zero-order chi connectivity index (χ0) is 10.5. The van der Waals surface area contributed by atoms with Crippen LogP contribution in [0.3, 0.4) is 0 Å². The average Bonchev–Trinajstić information content (AvgIpc) is 2.13. The molecule has 1 amide bonds. The standard InChI is InChI=1S/C10H16N2O/c1-5-7-12(6-2)9(13)10(3,4)8-11/h5H,1,6-7H2,2-4H3. The number of hydrogen-bond donors (Lipinski definition) is 0. The van der Waals surface area contributed by atoms with E-state index in [1.165, 1.54) is 0 Å². The van der Waals surface area contributed by atoms with Gasteiger partial charge in [0.15, 0.2) is 0 Å². The molecule has 0 N–H and O–H groups in total. The third-order valence-electron chi connectivity index (χ3n) is 1.83. The molecule has 0 aromatic rings. The summed E-state index contributed by atoms with van der Waals surface area (Å²) in [6, 6.07) is 1.99. The molecule has 0 aliphatic heterocycles. The number of rotatable bonds is 4. The fourth-order valence-electron chi connectivity index (χ4n) is 0.955. The molecule has 0 atom stereocenters. The van der Waals surface area contributed by atoms with E-state index in [1.807, 2.05) is 13.0 Å². The summed E-state index contributed by atoms with van der Waals surface area (Å²) in [6.45, 7) is 9.81. The van der Waals surface area contributed by atoms with Gasteiger partial charge in [-0.3, -0.25) is 4.79 Å². The summed E-state index contributed by atoms with van der Waals surface area (Å²) in [5, 5.41) is 8.75. The Morgan fingerprint density at radius 1 is 1.69 bits per heavy atom. The largest absolute Gasteiger partial charge is 0.338 e. The second-order valence-electron chi connectivity index (χ2n) is 3.37. The molecular formula is C10H16N2O. The van der Waals surface area contributed by atoms with Crippen LogP contribution in [0.25, 0.3) is 0 Å². The number of carbonyl (C=O) groups excluding carboxylic acids is 1. The van der Waals surface area contributed by atoms with Gasteiger partial charge in [-0.15, -0.1) is 6.58 Å². The lowest BCUT2D eigenvalue weighted by Crippen LogP contribution is -2.40. The molecule has 0 heterocycles. The van der Waals surface area contributed by atoms with Crippen molar-refractivity contribution in [1.29, 1.82) is 5.26 Å². The lowest BCUT2D eigenvalue weighted by molar-refractivity contribution is -0.136. The maximum Gasteiger partial charge on any atom is 0.242 e. The Morgan fingerprint density at radius 3 is 2.54 bits per heavy atom. The Hall–Kier alpha value is -1.30. The number of carbonyl (C=O) groups is 1. The predicted molar refractivity (Wildman–Crippen MR) is 51.8 cm³/mol. The molecule has 0 unspecified atom stereocenters. The number of likely N-dealkylation sites (N-methyl/N-ethyl adjacent to an activating group) is 1. The molecule has 0 saturated carbocycles. The van der Waals surface area contributed by atoms with Gasteiger partial charge in [0, 0.05) is 13.1 Å². The van der Waals surface area contributed by atoms with Crippen LogP contribution in [0.1, 0.15) is 20.8 Å². The molecule has 0 aliphatic rings. The first-order chi connectivity index (χ1) is 5.99. The maximum absolute atomic E-state index is 11.7. The van der Waals surface area contributed by atoms with Crippen molar-refractivity contribution in [2.24, 2.45) is 5.41 Å².